The maximum absolute atomic E-state index is 9.24. The highest BCUT2D eigenvalue weighted by molar-refractivity contribution is 9.11. The number of hydrogen-bond acceptors (Lipinski definition) is 3. The fourth-order valence-electron chi connectivity index (χ4n) is 0.886. The molecule has 0 saturated heterocycles. The first-order valence-electron chi connectivity index (χ1n) is 3.72. The van der Waals surface area contributed by atoms with Gasteiger partial charge in [0.1, 0.15) is 0 Å². The number of halogens is 1. The third kappa shape index (κ3) is 2.07. The van der Waals surface area contributed by atoms with Gasteiger partial charge in [-0.2, -0.15) is 0 Å². The van der Waals surface area contributed by atoms with E-state index in [0.717, 1.165) is 8.66 Å². The lowest BCUT2D eigenvalue weighted by molar-refractivity contribution is 0.165. The minimum atomic E-state index is -0.491. The van der Waals surface area contributed by atoms with E-state index in [4.69, 9.17) is 5.73 Å². The Hall–Kier alpha value is 0.100. The summed E-state index contributed by atoms with van der Waals surface area (Å²) in [5, 5.41) is 9.24. The van der Waals surface area contributed by atoms with E-state index in [1.54, 1.807) is 18.3 Å². The van der Waals surface area contributed by atoms with Crippen LogP contribution in [0.25, 0.3) is 0 Å². The molecule has 0 aliphatic rings. The Morgan fingerprint density at radius 3 is 2.58 bits per heavy atom. The Balaban J connectivity index is 2.89. The second-order valence-corrected chi connectivity index (χ2v) is 5.27. The van der Waals surface area contributed by atoms with E-state index < -0.39 is 6.10 Å². The van der Waals surface area contributed by atoms with Gasteiger partial charge in [0.25, 0.3) is 0 Å². The zero-order valence-electron chi connectivity index (χ0n) is 7.04. The Morgan fingerprint density at radius 2 is 2.25 bits per heavy atom. The quantitative estimate of drug-likeness (QED) is 0.845. The molecule has 0 fully saturated rings. The molecule has 0 saturated carbocycles. The zero-order valence-corrected chi connectivity index (χ0v) is 9.45. The van der Waals surface area contributed by atoms with E-state index in [0.29, 0.717) is 0 Å². The first kappa shape index (κ1) is 10.2. The van der Waals surface area contributed by atoms with Crippen LogP contribution in [0.2, 0.25) is 0 Å². The van der Waals surface area contributed by atoms with Crippen molar-refractivity contribution in [2.45, 2.75) is 26.0 Å². The van der Waals surface area contributed by atoms with Crippen molar-refractivity contribution in [2.24, 2.45) is 5.73 Å². The minimum Gasteiger partial charge on any atom is -0.391 e. The molecule has 2 atom stereocenters. The van der Waals surface area contributed by atoms with Crippen LogP contribution in [0.3, 0.4) is 0 Å². The molecule has 1 unspecified atom stereocenters. The maximum atomic E-state index is 9.24. The molecule has 0 aliphatic carbocycles. The molecule has 0 amide bonds. The lowest BCUT2D eigenvalue weighted by Crippen LogP contribution is -2.21. The van der Waals surface area contributed by atoms with Gasteiger partial charge in [-0.05, 0) is 41.4 Å². The fraction of sp³-hybridized carbons (Fsp3) is 0.500. The molecule has 1 aromatic rings. The summed E-state index contributed by atoms with van der Waals surface area (Å²) >= 11 is 5.00. The summed E-state index contributed by atoms with van der Waals surface area (Å²) in [5.41, 5.74) is 6.93. The second-order valence-electron chi connectivity index (χ2n) is 2.87. The average Bonchev–Trinajstić information content (AvgIpc) is 2.30. The van der Waals surface area contributed by atoms with Gasteiger partial charge >= 0.3 is 0 Å². The van der Waals surface area contributed by atoms with Crippen LogP contribution in [0.5, 0.6) is 0 Å². The van der Waals surface area contributed by atoms with Crippen LogP contribution in [0.1, 0.15) is 23.4 Å². The van der Waals surface area contributed by atoms with Crippen LogP contribution in [-0.4, -0.2) is 11.2 Å². The molecule has 0 aliphatic heterocycles. The summed E-state index contributed by atoms with van der Waals surface area (Å²) < 4.78 is 1.09. The Morgan fingerprint density at radius 1 is 1.67 bits per heavy atom. The summed E-state index contributed by atoms with van der Waals surface area (Å²) in [7, 11) is 0. The average molecular weight is 250 g/mol. The molecule has 2 nitrogen and oxygen atoms in total. The predicted molar refractivity (Wildman–Crippen MR) is 55.4 cm³/mol. The number of rotatable bonds is 2. The summed E-state index contributed by atoms with van der Waals surface area (Å²) in [6.45, 7) is 3.71. The number of thiophene rings is 1. The van der Waals surface area contributed by atoms with E-state index in [9.17, 15) is 5.11 Å². The van der Waals surface area contributed by atoms with Crippen LogP contribution in [0.4, 0.5) is 0 Å². The molecular weight excluding hydrogens is 238 g/mol. The van der Waals surface area contributed by atoms with Gasteiger partial charge in [-0.25, -0.2) is 0 Å². The van der Waals surface area contributed by atoms with Gasteiger partial charge in [0.05, 0.1) is 15.9 Å². The summed E-state index contributed by atoms with van der Waals surface area (Å²) in [6, 6.07) is 1.74. The minimum absolute atomic E-state index is 0.264. The third-order valence-electron chi connectivity index (χ3n) is 1.72. The van der Waals surface area contributed by atoms with Gasteiger partial charge in [0, 0.05) is 4.88 Å². The number of hydrogen-bond donors (Lipinski definition) is 2. The first-order valence-corrected chi connectivity index (χ1v) is 5.32. The van der Waals surface area contributed by atoms with E-state index in [2.05, 4.69) is 15.9 Å². The zero-order chi connectivity index (χ0) is 9.30. The van der Waals surface area contributed by atoms with Crippen molar-refractivity contribution >= 4 is 27.3 Å². The Bertz CT molecular complexity index is 253. The Kier molecular flexibility index (Phi) is 3.29. The van der Waals surface area contributed by atoms with E-state index >= 15 is 0 Å². The third-order valence-corrected chi connectivity index (χ3v) is 3.96. The predicted octanol–water partition coefficient (Wildman–Crippen LogP) is 2.20. The molecule has 0 bridgehead atoms. The molecule has 3 N–H and O–H groups in total. The van der Waals surface area contributed by atoms with Crippen LogP contribution >= 0.6 is 27.3 Å². The van der Waals surface area contributed by atoms with Gasteiger partial charge in [0.2, 0.25) is 0 Å². The van der Waals surface area contributed by atoms with Gasteiger partial charge < -0.3 is 10.8 Å². The van der Waals surface area contributed by atoms with Crippen LogP contribution < -0.4 is 5.73 Å². The molecule has 4 heteroatoms. The van der Waals surface area contributed by atoms with Gasteiger partial charge in [-0.3, -0.25) is 0 Å². The summed E-state index contributed by atoms with van der Waals surface area (Å²) in [4.78, 5) is 1.02. The smallest absolute Gasteiger partial charge is 0.0731 e. The highest BCUT2D eigenvalue weighted by atomic mass is 79.9. The molecule has 1 rings (SSSR count). The van der Waals surface area contributed by atoms with Crippen LogP contribution in [0.15, 0.2) is 9.85 Å². The number of aliphatic hydroxyl groups excluding tert-OH is 1. The van der Waals surface area contributed by atoms with Gasteiger partial charge in [-0.1, -0.05) is 0 Å². The molecule has 1 aromatic heterocycles. The van der Waals surface area contributed by atoms with Crippen LogP contribution in [0, 0.1) is 6.92 Å². The van der Waals surface area contributed by atoms with Gasteiger partial charge in [-0.15, -0.1) is 11.3 Å². The van der Waals surface area contributed by atoms with Crippen molar-refractivity contribution in [3.05, 3.63) is 20.3 Å². The number of nitrogens with two attached hydrogens (primary N) is 1. The standard InChI is InChI=1S/C8H12BrNOS/c1-4-3-6(12-8(4)9)7(10)5(2)11/h3,5,7,11H,10H2,1-2H3/t5?,7-/m1/s1. The lowest BCUT2D eigenvalue weighted by Gasteiger charge is -2.11. The molecular formula is C8H12BrNOS. The second kappa shape index (κ2) is 3.87. The van der Waals surface area contributed by atoms with E-state index in [1.165, 1.54) is 5.56 Å². The van der Waals surface area contributed by atoms with Crippen molar-refractivity contribution in [2.75, 3.05) is 0 Å². The Labute approximate surface area is 84.5 Å². The first-order chi connectivity index (χ1) is 5.52. The maximum Gasteiger partial charge on any atom is 0.0731 e. The van der Waals surface area contributed by atoms with Crippen molar-refractivity contribution in [3.8, 4) is 0 Å². The molecule has 68 valence electrons. The van der Waals surface area contributed by atoms with Crippen molar-refractivity contribution in [1.82, 2.24) is 0 Å². The molecule has 0 aromatic carbocycles. The summed E-state index contributed by atoms with van der Waals surface area (Å²) in [6.07, 6.45) is -0.491. The monoisotopic (exact) mass is 249 g/mol. The SMILES string of the molecule is Cc1cc([C@H](N)C(C)O)sc1Br. The largest absolute Gasteiger partial charge is 0.391 e. The lowest BCUT2D eigenvalue weighted by atomic mass is 10.1. The highest BCUT2D eigenvalue weighted by Crippen LogP contribution is 2.31. The fourth-order valence-corrected chi connectivity index (χ4v) is 2.56. The topological polar surface area (TPSA) is 46.2 Å². The molecule has 1 heterocycles. The number of aliphatic hydroxyl groups is 1. The van der Waals surface area contributed by atoms with Crippen molar-refractivity contribution in [1.29, 1.82) is 0 Å². The highest BCUT2D eigenvalue weighted by Gasteiger charge is 2.15. The van der Waals surface area contributed by atoms with E-state index in [1.807, 2.05) is 13.0 Å². The van der Waals surface area contributed by atoms with Crippen molar-refractivity contribution in [3.63, 3.8) is 0 Å². The van der Waals surface area contributed by atoms with E-state index in [-0.39, 0.29) is 6.04 Å². The normalized spacial score (nSPS) is 16.1. The molecule has 0 radical (unpaired) electrons. The summed E-state index contributed by atoms with van der Waals surface area (Å²) in [5.74, 6) is 0. The van der Waals surface area contributed by atoms with Crippen molar-refractivity contribution < 1.29 is 5.11 Å². The van der Waals surface area contributed by atoms with Crippen LogP contribution in [-0.2, 0) is 0 Å². The molecule has 0 spiro atoms. The van der Waals surface area contributed by atoms with Gasteiger partial charge in [0.15, 0.2) is 0 Å². The number of aryl methyl sites for hydroxylation is 1. The molecule has 12 heavy (non-hydrogen) atoms.